The first-order chi connectivity index (χ1) is 28.7. The molecule has 0 spiro atoms. The van der Waals surface area contributed by atoms with Crippen molar-refractivity contribution in [1.29, 1.82) is 5.26 Å². The monoisotopic (exact) mass is 741 g/mol. The molecule has 270 valence electrons. The fourth-order valence-corrected chi connectivity index (χ4v) is 8.16. The maximum Gasteiger partial charge on any atom is 0.164 e. The van der Waals surface area contributed by atoms with E-state index in [0.29, 0.717) is 23.0 Å². The van der Waals surface area contributed by atoms with Crippen molar-refractivity contribution >= 4 is 43.7 Å². The summed E-state index contributed by atoms with van der Waals surface area (Å²) in [5, 5.41) is 14.0. The van der Waals surface area contributed by atoms with Crippen LogP contribution in [0.4, 0.5) is 0 Å². The van der Waals surface area contributed by atoms with Gasteiger partial charge >= 0.3 is 0 Å². The van der Waals surface area contributed by atoms with E-state index >= 15 is 0 Å². The zero-order chi connectivity index (χ0) is 38.6. The molecule has 11 rings (SSSR count). The molecule has 6 nitrogen and oxygen atoms in total. The van der Waals surface area contributed by atoms with E-state index in [4.69, 9.17) is 19.4 Å². The number of hydrogen-bond donors (Lipinski definition) is 0. The van der Waals surface area contributed by atoms with Gasteiger partial charge in [0, 0.05) is 43.9 Å². The van der Waals surface area contributed by atoms with E-state index in [-0.39, 0.29) is 0 Å². The molecule has 0 amide bonds. The van der Waals surface area contributed by atoms with Crippen LogP contribution >= 0.6 is 0 Å². The molecule has 0 aliphatic rings. The number of benzene rings is 8. The Morgan fingerprint density at radius 3 is 1.78 bits per heavy atom. The SMILES string of the molecule is N#Cc1cccc(-c2cccc(-c3nc(-c4ccc5c(c4)oc4cccc(-c6ccccc6)c45)nc(-c4ccc5c6ccccc6n(-c6ccccc6)c5c4)n3)c2)c1. The number of nitriles is 1. The molecule has 8 aromatic carbocycles. The van der Waals surface area contributed by atoms with E-state index in [1.54, 1.807) is 0 Å². The van der Waals surface area contributed by atoms with E-state index in [1.165, 1.54) is 5.39 Å². The van der Waals surface area contributed by atoms with Crippen LogP contribution in [0.25, 0.3) is 106 Å². The molecular weight excluding hydrogens is 711 g/mol. The number of aromatic nitrogens is 4. The molecule has 3 heterocycles. The first kappa shape index (κ1) is 33.2. The molecule has 0 radical (unpaired) electrons. The predicted molar refractivity (Wildman–Crippen MR) is 233 cm³/mol. The highest BCUT2D eigenvalue weighted by Gasteiger charge is 2.19. The van der Waals surface area contributed by atoms with Gasteiger partial charge in [0.15, 0.2) is 17.5 Å². The lowest BCUT2D eigenvalue weighted by Crippen LogP contribution is -2.00. The summed E-state index contributed by atoms with van der Waals surface area (Å²) in [7, 11) is 0. The highest BCUT2D eigenvalue weighted by Crippen LogP contribution is 2.39. The molecule has 0 saturated carbocycles. The van der Waals surface area contributed by atoms with Crippen molar-refractivity contribution in [2.45, 2.75) is 0 Å². The lowest BCUT2D eigenvalue weighted by atomic mass is 9.99. The minimum atomic E-state index is 0.534. The van der Waals surface area contributed by atoms with Crippen LogP contribution in [0.5, 0.6) is 0 Å². The zero-order valence-electron chi connectivity index (χ0n) is 31.0. The molecule has 0 unspecified atom stereocenters. The molecule has 0 fully saturated rings. The van der Waals surface area contributed by atoms with Crippen molar-refractivity contribution < 1.29 is 4.42 Å². The van der Waals surface area contributed by atoms with Gasteiger partial charge in [-0.05, 0) is 82.9 Å². The number of rotatable bonds is 6. The molecule has 0 saturated heterocycles. The Labute approximate surface area is 333 Å². The second-order valence-corrected chi connectivity index (χ2v) is 14.4. The van der Waals surface area contributed by atoms with Gasteiger partial charge in [-0.25, -0.2) is 15.0 Å². The summed E-state index contributed by atoms with van der Waals surface area (Å²) < 4.78 is 8.83. The van der Waals surface area contributed by atoms with Crippen molar-refractivity contribution in [3.05, 3.63) is 194 Å². The Bertz CT molecular complexity index is 3410. The lowest BCUT2D eigenvalue weighted by Gasteiger charge is -2.11. The maximum atomic E-state index is 9.60. The first-order valence-electron chi connectivity index (χ1n) is 19.2. The molecule has 0 atom stereocenters. The molecule has 0 bridgehead atoms. The topological polar surface area (TPSA) is 80.5 Å². The number of fused-ring (bicyclic) bond motifs is 6. The van der Waals surface area contributed by atoms with Crippen LogP contribution in [-0.2, 0) is 0 Å². The van der Waals surface area contributed by atoms with Gasteiger partial charge in [0.1, 0.15) is 11.2 Å². The minimum Gasteiger partial charge on any atom is -0.456 e. The Kier molecular flexibility index (Phi) is 7.76. The van der Waals surface area contributed by atoms with E-state index in [2.05, 4.69) is 126 Å². The number of furan rings is 1. The third-order valence-corrected chi connectivity index (χ3v) is 10.9. The molecule has 0 N–H and O–H groups in total. The van der Waals surface area contributed by atoms with Gasteiger partial charge in [-0.3, -0.25) is 0 Å². The van der Waals surface area contributed by atoms with Crippen LogP contribution in [0.3, 0.4) is 0 Å². The van der Waals surface area contributed by atoms with Gasteiger partial charge in [-0.2, -0.15) is 5.26 Å². The average Bonchev–Trinajstić information content (AvgIpc) is 3.84. The number of para-hydroxylation sites is 2. The number of nitrogens with zero attached hydrogens (tertiary/aromatic N) is 5. The predicted octanol–water partition coefficient (Wildman–Crippen LogP) is 13.1. The Morgan fingerprint density at radius 1 is 0.414 bits per heavy atom. The standard InChI is InChI=1S/C52H31N5O/c53-32-33-12-9-15-35(28-33)36-16-10-17-37(29-36)50-54-51(38-24-26-43-42-20-7-8-22-45(42)57(46(43)30-38)40-18-5-2-6-19-40)56-52(55-50)39-25-27-44-48(31-39)58-47-23-11-21-41(49(44)47)34-13-3-1-4-14-34/h1-31H. The Hall–Kier alpha value is -8.14. The quantitative estimate of drug-likeness (QED) is 0.169. The van der Waals surface area contributed by atoms with Crippen molar-refractivity contribution in [3.8, 4) is 68.2 Å². The molecule has 6 heteroatoms. The van der Waals surface area contributed by atoms with Gasteiger partial charge in [0.2, 0.25) is 0 Å². The van der Waals surface area contributed by atoms with Crippen LogP contribution in [0.1, 0.15) is 5.56 Å². The first-order valence-corrected chi connectivity index (χ1v) is 19.2. The molecule has 0 aliphatic heterocycles. The summed E-state index contributed by atoms with van der Waals surface area (Å²) in [4.78, 5) is 15.5. The molecule has 11 aromatic rings. The highest BCUT2D eigenvalue weighted by atomic mass is 16.3. The van der Waals surface area contributed by atoms with Gasteiger partial charge in [-0.15, -0.1) is 0 Å². The van der Waals surface area contributed by atoms with Crippen LogP contribution < -0.4 is 0 Å². The van der Waals surface area contributed by atoms with Crippen molar-refractivity contribution in [2.24, 2.45) is 0 Å². The molecular formula is C52H31N5O. The lowest BCUT2D eigenvalue weighted by molar-refractivity contribution is 0.669. The van der Waals surface area contributed by atoms with E-state index < -0.39 is 0 Å². The van der Waals surface area contributed by atoms with Crippen LogP contribution in [0.15, 0.2) is 192 Å². The molecule has 0 aliphatic carbocycles. The van der Waals surface area contributed by atoms with E-state index in [0.717, 1.165) is 83.0 Å². The van der Waals surface area contributed by atoms with E-state index in [9.17, 15) is 5.26 Å². The third-order valence-electron chi connectivity index (χ3n) is 10.9. The van der Waals surface area contributed by atoms with Crippen molar-refractivity contribution in [3.63, 3.8) is 0 Å². The second-order valence-electron chi connectivity index (χ2n) is 14.4. The number of hydrogen-bond acceptors (Lipinski definition) is 5. The Balaban J connectivity index is 1.11. The van der Waals surface area contributed by atoms with Gasteiger partial charge in [-0.1, -0.05) is 127 Å². The van der Waals surface area contributed by atoms with Crippen molar-refractivity contribution in [2.75, 3.05) is 0 Å². The maximum absolute atomic E-state index is 9.60. The van der Waals surface area contributed by atoms with E-state index in [1.807, 2.05) is 72.8 Å². The fourth-order valence-electron chi connectivity index (χ4n) is 8.16. The Morgan fingerprint density at radius 2 is 1.00 bits per heavy atom. The summed E-state index contributed by atoms with van der Waals surface area (Å²) >= 11 is 0. The van der Waals surface area contributed by atoms with Crippen LogP contribution in [0.2, 0.25) is 0 Å². The summed E-state index contributed by atoms with van der Waals surface area (Å²) in [5.41, 5.74) is 12.1. The van der Waals surface area contributed by atoms with Crippen molar-refractivity contribution in [1.82, 2.24) is 19.5 Å². The highest BCUT2D eigenvalue weighted by molar-refractivity contribution is 6.13. The molecule has 3 aromatic heterocycles. The largest absolute Gasteiger partial charge is 0.456 e. The van der Waals surface area contributed by atoms with Gasteiger partial charge < -0.3 is 8.98 Å². The zero-order valence-corrected chi connectivity index (χ0v) is 31.0. The minimum absolute atomic E-state index is 0.534. The summed E-state index contributed by atoms with van der Waals surface area (Å²) in [6, 6.07) is 66.2. The van der Waals surface area contributed by atoms with Gasteiger partial charge in [0.05, 0.1) is 22.7 Å². The van der Waals surface area contributed by atoms with Crippen LogP contribution in [0, 0.1) is 11.3 Å². The summed E-state index contributed by atoms with van der Waals surface area (Å²) in [6.45, 7) is 0. The van der Waals surface area contributed by atoms with Crippen LogP contribution in [-0.4, -0.2) is 19.5 Å². The normalized spacial score (nSPS) is 11.4. The van der Waals surface area contributed by atoms with Gasteiger partial charge in [0.25, 0.3) is 0 Å². The molecule has 58 heavy (non-hydrogen) atoms. The smallest absolute Gasteiger partial charge is 0.164 e. The average molecular weight is 742 g/mol. The fraction of sp³-hybridized carbons (Fsp3) is 0. The summed E-state index contributed by atoms with van der Waals surface area (Å²) in [6.07, 6.45) is 0. The second kappa shape index (κ2) is 13.6. The summed E-state index contributed by atoms with van der Waals surface area (Å²) in [5.74, 6) is 1.63. The third kappa shape index (κ3) is 5.61.